The molecule has 2 N–H and O–H groups in total. The molecule has 13 heavy (non-hydrogen) atoms. The summed E-state index contributed by atoms with van der Waals surface area (Å²) in [4.78, 5) is 1.11. The predicted molar refractivity (Wildman–Crippen MR) is 60.1 cm³/mol. The number of thiophene rings is 1. The minimum absolute atomic E-state index is 0.511. The molecule has 0 aromatic carbocycles. The lowest BCUT2D eigenvalue weighted by Crippen LogP contribution is -1.79. The monoisotopic (exact) mass is 275 g/mol. The zero-order valence-electron chi connectivity index (χ0n) is 6.74. The number of hydrogen-bond acceptors (Lipinski definition) is 5. The van der Waals surface area contributed by atoms with E-state index in [0.29, 0.717) is 5.13 Å². The van der Waals surface area contributed by atoms with Gasteiger partial charge in [-0.3, -0.25) is 0 Å². The van der Waals surface area contributed by atoms with Crippen LogP contribution in [0.25, 0.3) is 9.88 Å². The standard InChI is InChI=1S/C7H6BrN3S2/c1-3-2-4(12-5(3)8)6-10-11-7(9)13-6/h2H,1H3,(H2,9,11). The van der Waals surface area contributed by atoms with Gasteiger partial charge < -0.3 is 5.73 Å². The number of nitrogens with two attached hydrogens (primary N) is 1. The van der Waals surface area contributed by atoms with Gasteiger partial charge >= 0.3 is 0 Å². The molecule has 0 saturated carbocycles. The highest BCUT2D eigenvalue weighted by atomic mass is 79.9. The molecule has 2 heterocycles. The van der Waals surface area contributed by atoms with Crippen LogP contribution in [-0.2, 0) is 0 Å². The minimum Gasteiger partial charge on any atom is -0.374 e. The van der Waals surface area contributed by atoms with Crippen molar-refractivity contribution in [1.29, 1.82) is 0 Å². The van der Waals surface area contributed by atoms with Gasteiger partial charge in [0, 0.05) is 0 Å². The van der Waals surface area contributed by atoms with Gasteiger partial charge in [-0.05, 0) is 34.5 Å². The lowest BCUT2D eigenvalue weighted by atomic mass is 10.3. The van der Waals surface area contributed by atoms with E-state index < -0.39 is 0 Å². The summed E-state index contributed by atoms with van der Waals surface area (Å²) >= 11 is 6.52. The van der Waals surface area contributed by atoms with E-state index >= 15 is 0 Å². The number of halogens is 1. The number of nitrogen functional groups attached to an aromatic ring is 1. The average molecular weight is 276 g/mol. The van der Waals surface area contributed by atoms with Crippen LogP contribution in [0.15, 0.2) is 9.85 Å². The summed E-state index contributed by atoms with van der Waals surface area (Å²) < 4.78 is 1.14. The molecular formula is C7H6BrN3S2. The van der Waals surface area contributed by atoms with Crippen LogP contribution in [0.1, 0.15) is 5.56 Å². The van der Waals surface area contributed by atoms with Gasteiger partial charge in [0.15, 0.2) is 5.01 Å². The molecule has 0 amide bonds. The third-order valence-electron chi connectivity index (χ3n) is 1.51. The van der Waals surface area contributed by atoms with E-state index in [2.05, 4.69) is 39.1 Å². The van der Waals surface area contributed by atoms with Gasteiger partial charge in [0.1, 0.15) is 0 Å². The number of rotatable bonds is 1. The fourth-order valence-corrected chi connectivity index (χ4v) is 3.08. The van der Waals surface area contributed by atoms with Crippen molar-refractivity contribution in [3.05, 3.63) is 15.4 Å². The Morgan fingerprint density at radius 1 is 1.38 bits per heavy atom. The molecule has 0 unspecified atom stereocenters. The van der Waals surface area contributed by atoms with Gasteiger partial charge in [-0.15, -0.1) is 21.5 Å². The summed E-state index contributed by atoms with van der Waals surface area (Å²) in [5.41, 5.74) is 6.72. The van der Waals surface area contributed by atoms with Crippen molar-refractivity contribution in [2.75, 3.05) is 5.73 Å². The molecule has 0 aliphatic heterocycles. The van der Waals surface area contributed by atoms with Crippen LogP contribution in [0.2, 0.25) is 0 Å². The Kier molecular flexibility index (Phi) is 2.35. The number of aromatic nitrogens is 2. The van der Waals surface area contributed by atoms with E-state index in [1.165, 1.54) is 16.9 Å². The van der Waals surface area contributed by atoms with Crippen LogP contribution in [0, 0.1) is 6.92 Å². The summed E-state index contributed by atoms with van der Waals surface area (Å²) in [5.74, 6) is 0. The molecule has 0 atom stereocenters. The van der Waals surface area contributed by atoms with Gasteiger partial charge in [0.2, 0.25) is 5.13 Å². The van der Waals surface area contributed by atoms with Crippen LogP contribution in [0.4, 0.5) is 5.13 Å². The Balaban J connectivity index is 2.46. The Labute approximate surface area is 91.7 Å². The maximum atomic E-state index is 5.50. The molecular weight excluding hydrogens is 270 g/mol. The highest BCUT2D eigenvalue weighted by molar-refractivity contribution is 9.11. The topological polar surface area (TPSA) is 51.8 Å². The molecule has 2 aromatic heterocycles. The van der Waals surface area contributed by atoms with Crippen LogP contribution < -0.4 is 5.73 Å². The zero-order chi connectivity index (χ0) is 9.42. The molecule has 2 aromatic rings. The molecule has 3 nitrogen and oxygen atoms in total. The fraction of sp³-hybridized carbons (Fsp3) is 0.143. The number of hydrogen-bond donors (Lipinski definition) is 1. The third kappa shape index (κ3) is 1.74. The second kappa shape index (κ2) is 3.36. The first kappa shape index (κ1) is 9.11. The molecule has 0 fully saturated rings. The summed E-state index contributed by atoms with van der Waals surface area (Å²) in [7, 11) is 0. The van der Waals surface area contributed by atoms with E-state index in [4.69, 9.17) is 5.73 Å². The van der Waals surface area contributed by atoms with Crippen molar-refractivity contribution in [2.45, 2.75) is 6.92 Å². The summed E-state index contributed by atoms with van der Waals surface area (Å²) in [5, 5.41) is 9.14. The van der Waals surface area contributed by atoms with Crippen LogP contribution in [0.5, 0.6) is 0 Å². The second-order valence-electron chi connectivity index (χ2n) is 2.51. The van der Waals surface area contributed by atoms with Gasteiger partial charge in [-0.2, -0.15) is 0 Å². The quantitative estimate of drug-likeness (QED) is 0.871. The first-order valence-electron chi connectivity index (χ1n) is 3.52. The Bertz CT molecular complexity index is 415. The maximum absolute atomic E-state index is 5.50. The molecule has 0 radical (unpaired) electrons. The highest BCUT2D eigenvalue weighted by Gasteiger charge is 2.09. The average Bonchev–Trinajstić information content (AvgIpc) is 2.61. The lowest BCUT2D eigenvalue weighted by molar-refractivity contribution is 1.11. The smallest absolute Gasteiger partial charge is 0.203 e. The zero-order valence-corrected chi connectivity index (χ0v) is 9.96. The second-order valence-corrected chi connectivity index (χ2v) is 5.89. The van der Waals surface area contributed by atoms with Crippen molar-refractivity contribution in [1.82, 2.24) is 10.2 Å². The molecule has 0 bridgehead atoms. The molecule has 6 heteroatoms. The van der Waals surface area contributed by atoms with E-state index in [1.54, 1.807) is 11.3 Å². The van der Waals surface area contributed by atoms with E-state index in [1.807, 2.05) is 0 Å². The van der Waals surface area contributed by atoms with Gasteiger partial charge in [-0.25, -0.2) is 0 Å². The van der Waals surface area contributed by atoms with Gasteiger partial charge in [-0.1, -0.05) is 11.3 Å². The normalized spacial score (nSPS) is 10.6. The Hall–Kier alpha value is -0.460. The Morgan fingerprint density at radius 2 is 2.15 bits per heavy atom. The first-order valence-corrected chi connectivity index (χ1v) is 5.94. The SMILES string of the molecule is Cc1cc(-c2nnc(N)s2)sc1Br. The Morgan fingerprint density at radius 3 is 2.62 bits per heavy atom. The number of aryl methyl sites for hydroxylation is 1. The van der Waals surface area contributed by atoms with Crippen LogP contribution in [-0.4, -0.2) is 10.2 Å². The van der Waals surface area contributed by atoms with E-state index in [9.17, 15) is 0 Å². The molecule has 0 spiro atoms. The largest absolute Gasteiger partial charge is 0.374 e. The van der Waals surface area contributed by atoms with Crippen molar-refractivity contribution < 1.29 is 0 Å². The maximum Gasteiger partial charge on any atom is 0.203 e. The lowest BCUT2D eigenvalue weighted by Gasteiger charge is -1.82. The fourth-order valence-electron chi connectivity index (χ4n) is 0.899. The van der Waals surface area contributed by atoms with Crippen molar-refractivity contribution in [3.63, 3.8) is 0 Å². The summed E-state index contributed by atoms with van der Waals surface area (Å²) in [6, 6.07) is 2.08. The molecule has 68 valence electrons. The van der Waals surface area contributed by atoms with E-state index in [-0.39, 0.29) is 0 Å². The molecule has 0 saturated heterocycles. The van der Waals surface area contributed by atoms with Crippen molar-refractivity contribution >= 4 is 43.7 Å². The predicted octanol–water partition coefficient (Wildman–Crippen LogP) is 2.92. The van der Waals surface area contributed by atoms with Gasteiger partial charge in [0.05, 0.1) is 8.66 Å². The number of nitrogens with zero attached hydrogens (tertiary/aromatic N) is 2. The highest BCUT2D eigenvalue weighted by Crippen LogP contribution is 2.36. The van der Waals surface area contributed by atoms with E-state index in [0.717, 1.165) is 13.7 Å². The van der Waals surface area contributed by atoms with Crippen molar-refractivity contribution in [3.8, 4) is 9.88 Å². The number of anilines is 1. The van der Waals surface area contributed by atoms with Crippen LogP contribution >= 0.6 is 38.6 Å². The third-order valence-corrected chi connectivity index (χ3v) is 4.57. The van der Waals surface area contributed by atoms with Crippen LogP contribution in [0.3, 0.4) is 0 Å². The summed E-state index contributed by atoms with van der Waals surface area (Å²) in [6.07, 6.45) is 0. The first-order chi connectivity index (χ1) is 6.16. The van der Waals surface area contributed by atoms with Crippen molar-refractivity contribution in [2.24, 2.45) is 0 Å². The summed E-state index contributed by atoms with van der Waals surface area (Å²) in [6.45, 7) is 2.05. The minimum atomic E-state index is 0.511. The van der Waals surface area contributed by atoms with Gasteiger partial charge in [0.25, 0.3) is 0 Å². The molecule has 0 aliphatic carbocycles. The molecule has 2 rings (SSSR count). The molecule has 0 aliphatic rings.